The van der Waals surface area contributed by atoms with Crippen molar-refractivity contribution < 1.29 is 14.3 Å². The molecule has 5 heteroatoms. The Balaban J connectivity index is 1.86. The van der Waals surface area contributed by atoms with Crippen molar-refractivity contribution in [1.82, 2.24) is 5.32 Å². The summed E-state index contributed by atoms with van der Waals surface area (Å²) in [4.78, 5) is 12.2. The number of aryl methyl sites for hydroxylation is 1. The van der Waals surface area contributed by atoms with E-state index in [1.165, 1.54) is 6.07 Å². The lowest BCUT2D eigenvalue weighted by Crippen LogP contribution is -2.30. The van der Waals surface area contributed by atoms with Crippen LogP contribution in [0.1, 0.15) is 35.6 Å². The standard InChI is InChI=1S/C20H25FN2O2/c1-13-5-4-6-19(15(13)3)23-20(25)9-14(2)22-11-16-7-8-18(21)17(10-16)12-24/h4-8,10,14,22,24H,9,11-12H2,1-3H3,(H,23,25). The summed E-state index contributed by atoms with van der Waals surface area (Å²) in [7, 11) is 0. The van der Waals surface area contributed by atoms with Crippen LogP contribution in [0, 0.1) is 19.7 Å². The first-order chi connectivity index (χ1) is 11.9. The van der Waals surface area contributed by atoms with Crippen LogP contribution in [0.15, 0.2) is 36.4 Å². The second kappa shape index (κ2) is 8.74. The van der Waals surface area contributed by atoms with Crippen LogP contribution in [0.3, 0.4) is 0 Å². The third-order valence-corrected chi connectivity index (χ3v) is 4.31. The van der Waals surface area contributed by atoms with Crippen LogP contribution in [0.2, 0.25) is 0 Å². The molecule has 3 N–H and O–H groups in total. The van der Waals surface area contributed by atoms with E-state index in [9.17, 15) is 9.18 Å². The lowest BCUT2D eigenvalue weighted by atomic mass is 10.1. The van der Waals surface area contributed by atoms with Gasteiger partial charge in [0, 0.05) is 30.3 Å². The molecule has 2 rings (SSSR count). The Morgan fingerprint density at radius 3 is 2.72 bits per heavy atom. The number of carbonyl (C=O) groups excluding carboxylic acids is 1. The number of aliphatic hydroxyl groups excluding tert-OH is 1. The number of carbonyl (C=O) groups is 1. The van der Waals surface area contributed by atoms with E-state index in [1.54, 1.807) is 12.1 Å². The molecule has 0 bridgehead atoms. The van der Waals surface area contributed by atoms with Crippen LogP contribution in [-0.4, -0.2) is 17.1 Å². The molecule has 0 spiro atoms. The van der Waals surface area contributed by atoms with Crippen LogP contribution in [0.5, 0.6) is 0 Å². The van der Waals surface area contributed by atoms with E-state index >= 15 is 0 Å². The number of hydrogen-bond donors (Lipinski definition) is 3. The fourth-order valence-electron chi connectivity index (χ4n) is 2.59. The summed E-state index contributed by atoms with van der Waals surface area (Å²) in [5, 5.41) is 15.3. The molecule has 0 heterocycles. The van der Waals surface area contributed by atoms with Gasteiger partial charge in [0.15, 0.2) is 0 Å². The number of anilines is 1. The van der Waals surface area contributed by atoms with Crippen LogP contribution in [0.4, 0.5) is 10.1 Å². The Morgan fingerprint density at radius 2 is 2.00 bits per heavy atom. The SMILES string of the molecule is Cc1cccc(NC(=O)CC(C)NCc2ccc(F)c(CO)c2)c1C. The highest BCUT2D eigenvalue weighted by molar-refractivity contribution is 5.92. The van der Waals surface area contributed by atoms with Crippen molar-refractivity contribution in [2.24, 2.45) is 0 Å². The van der Waals surface area contributed by atoms with E-state index in [1.807, 2.05) is 39.0 Å². The molecule has 0 aliphatic rings. The van der Waals surface area contributed by atoms with Gasteiger partial charge in [-0.15, -0.1) is 0 Å². The maximum Gasteiger partial charge on any atom is 0.225 e. The maximum atomic E-state index is 13.4. The molecule has 0 aliphatic heterocycles. The van der Waals surface area contributed by atoms with Gasteiger partial charge in [-0.1, -0.05) is 18.2 Å². The smallest absolute Gasteiger partial charge is 0.225 e. The molecule has 1 atom stereocenters. The fraction of sp³-hybridized carbons (Fsp3) is 0.350. The molecule has 1 unspecified atom stereocenters. The fourth-order valence-corrected chi connectivity index (χ4v) is 2.59. The Hall–Kier alpha value is -2.24. The number of amides is 1. The van der Waals surface area contributed by atoms with Crippen molar-refractivity contribution >= 4 is 11.6 Å². The zero-order chi connectivity index (χ0) is 18.4. The molecule has 134 valence electrons. The van der Waals surface area contributed by atoms with Gasteiger partial charge in [0.25, 0.3) is 0 Å². The molecule has 0 radical (unpaired) electrons. The quantitative estimate of drug-likeness (QED) is 0.721. The maximum absolute atomic E-state index is 13.4. The summed E-state index contributed by atoms with van der Waals surface area (Å²) in [6.07, 6.45) is 0.335. The molecule has 0 saturated heterocycles. The highest BCUT2D eigenvalue weighted by Crippen LogP contribution is 2.18. The first kappa shape index (κ1) is 19.1. The van der Waals surface area contributed by atoms with Crippen LogP contribution in [-0.2, 0) is 17.9 Å². The van der Waals surface area contributed by atoms with Crippen molar-refractivity contribution in [2.75, 3.05) is 5.32 Å². The zero-order valence-electron chi connectivity index (χ0n) is 14.9. The zero-order valence-corrected chi connectivity index (χ0v) is 14.9. The van der Waals surface area contributed by atoms with Crippen molar-refractivity contribution in [3.05, 3.63) is 64.5 Å². The highest BCUT2D eigenvalue weighted by atomic mass is 19.1. The highest BCUT2D eigenvalue weighted by Gasteiger charge is 2.11. The summed E-state index contributed by atoms with van der Waals surface area (Å²) in [6.45, 7) is 6.11. The van der Waals surface area contributed by atoms with E-state index in [0.29, 0.717) is 13.0 Å². The predicted molar refractivity (Wildman–Crippen MR) is 97.8 cm³/mol. The molecule has 1 amide bonds. The van der Waals surface area contributed by atoms with Crippen LogP contribution < -0.4 is 10.6 Å². The van der Waals surface area contributed by atoms with Crippen molar-refractivity contribution in [1.29, 1.82) is 0 Å². The average Bonchev–Trinajstić information content (AvgIpc) is 2.58. The molecule has 0 aromatic heterocycles. The van der Waals surface area contributed by atoms with Crippen molar-refractivity contribution in [3.8, 4) is 0 Å². The molecular formula is C20H25FN2O2. The number of aliphatic hydroxyl groups is 1. The van der Waals surface area contributed by atoms with E-state index in [-0.39, 0.29) is 24.1 Å². The second-order valence-corrected chi connectivity index (χ2v) is 6.37. The normalized spacial score (nSPS) is 12.0. The van der Waals surface area contributed by atoms with E-state index in [2.05, 4.69) is 10.6 Å². The van der Waals surface area contributed by atoms with Gasteiger partial charge in [-0.25, -0.2) is 4.39 Å². The summed E-state index contributed by atoms with van der Waals surface area (Å²) in [5.74, 6) is -0.462. The number of benzene rings is 2. The van der Waals surface area contributed by atoms with E-state index < -0.39 is 5.82 Å². The van der Waals surface area contributed by atoms with Gasteiger partial charge < -0.3 is 15.7 Å². The van der Waals surface area contributed by atoms with Crippen LogP contribution in [0.25, 0.3) is 0 Å². The third kappa shape index (κ3) is 5.37. The average molecular weight is 344 g/mol. The minimum absolute atomic E-state index is 0.0345. The monoisotopic (exact) mass is 344 g/mol. The Kier molecular flexibility index (Phi) is 6.67. The molecular weight excluding hydrogens is 319 g/mol. The molecule has 0 aliphatic carbocycles. The van der Waals surface area contributed by atoms with Gasteiger partial charge in [0.05, 0.1) is 6.61 Å². The summed E-state index contributed by atoms with van der Waals surface area (Å²) < 4.78 is 13.4. The second-order valence-electron chi connectivity index (χ2n) is 6.37. The van der Waals surface area contributed by atoms with E-state index in [4.69, 9.17) is 5.11 Å². The number of nitrogens with one attached hydrogen (secondary N) is 2. The van der Waals surface area contributed by atoms with Gasteiger partial charge in [-0.2, -0.15) is 0 Å². The molecule has 2 aromatic rings. The number of hydrogen-bond acceptors (Lipinski definition) is 3. The largest absolute Gasteiger partial charge is 0.392 e. The minimum Gasteiger partial charge on any atom is -0.392 e. The predicted octanol–water partition coefficient (Wildman–Crippen LogP) is 3.44. The molecule has 2 aromatic carbocycles. The Labute approximate surface area is 148 Å². The van der Waals surface area contributed by atoms with Gasteiger partial charge in [0.2, 0.25) is 5.91 Å². The minimum atomic E-state index is -0.410. The first-order valence-electron chi connectivity index (χ1n) is 8.38. The topological polar surface area (TPSA) is 61.4 Å². The number of rotatable bonds is 7. The van der Waals surface area contributed by atoms with E-state index in [0.717, 1.165) is 22.4 Å². The van der Waals surface area contributed by atoms with Crippen LogP contribution >= 0.6 is 0 Å². The Bertz CT molecular complexity index is 746. The van der Waals surface area contributed by atoms with Crippen molar-refractivity contribution in [2.45, 2.75) is 46.4 Å². The first-order valence-corrected chi connectivity index (χ1v) is 8.38. The van der Waals surface area contributed by atoms with Crippen molar-refractivity contribution in [3.63, 3.8) is 0 Å². The molecule has 0 saturated carbocycles. The molecule has 25 heavy (non-hydrogen) atoms. The lowest BCUT2D eigenvalue weighted by Gasteiger charge is -2.15. The van der Waals surface area contributed by atoms with Gasteiger partial charge in [-0.3, -0.25) is 4.79 Å². The summed E-state index contributed by atoms with van der Waals surface area (Å²) in [5.41, 5.74) is 4.19. The third-order valence-electron chi connectivity index (χ3n) is 4.31. The lowest BCUT2D eigenvalue weighted by molar-refractivity contribution is -0.116. The van der Waals surface area contributed by atoms with Gasteiger partial charge >= 0.3 is 0 Å². The summed E-state index contributed by atoms with van der Waals surface area (Å²) >= 11 is 0. The number of halogens is 1. The molecule has 0 fully saturated rings. The summed E-state index contributed by atoms with van der Waals surface area (Å²) in [6, 6.07) is 10.4. The van der Waals surface area contributed by atoms with Gasteiger partial charge in [0.1, 0.15) is 5.82 Å². The Morgan fingerprint density at radius 1 is 1.24 bits per heavy atom. The molecule has 4 nitrogen and oxygen atoms in total. The van der Waals surface area contributed by atoms with Gasteiger partial charge in [-0.05, 0) is 55.7 Å².